The smallest absolute Gasteiger partial charge is 0.175 e. The Balaban J connectivity index is 2.27. The number of nitrogens with zero attached hydrogens (tertiary/aromatic N) is 1. The lowest BCUT2D eigenvalue weighted by molar-refractivity contribution is 0.264. The van der Waals surface area contributed by atoms with Crippen molar-refractivity contribution in [1.29, 1.82) is 0 Å². The van der Waals surface area contributed by atoms with Gasteiger partial charge in [-0.25, -0.2) is 4.39 Å². The molecule has 0 saturated carbocycles. The van der Waals surface area contributed by atoms with Gasteiger partial charge in [-0.2, -0.15) is 0 Å². The van der Waals surface area contributed by atoms with Crippen molar-refractivity contribution in [3.8, 4) is 11.5 Å². The summed E-state index contributed by atoms with van der Waals surface area (Å²) in [5.74, 6) is 0.643. The van der Waals surface area contributed by atoms with E-state index in [0.717, 1.165) is 0 Å². The molecule has 0 saturated heterocycles. The lowest BCUT2D eigenvalue weighted by Gasteiger charge is -2.14. The molecule has 1 N–H and O–H groups in total. The molecule has 2 rings (SSSR count). The number of hydrogen-bond acceptors (Lipinski definition) is 4. The third-order valence-corrected chi connectivity index (χ3v) is 3.46. The van der Waals surface area contributed by atoms with Crippen molar-refractivity contribution in [1.82, 2.24) is 0 Å². The zero-order chi connectivity index (χ0) is 15.9. The highest BCUT2D eigenvalue weighted by Gasteiger charge is 2.13. The van der Waals surface area contributed by atoms with E-state index in [2.05, 4.69) is 21.1 Å². The maximum atomic E-state index is 13.6. The molecule has 0 aliphatic carbocycles. The number of hydrogen-bond donors (Lipinski definition) is 1. The summed E-state index contributed by atoms with van der Waals surface area (Å²) in [7, 11) is 0. The van der Waals surface area contributed by atoms with Crippen molar-refractivity contribution in [3.05, 3.63) is 57.8 Å². The number of halogens is 2. The number of benzene rings is 2. The van der Waals surface area contributed by atoms with Crippen LogP contribution in [0.4, 0.5) is 4.39 Å². The summed E-state index contributed by atoms with van der Waals surface area (Å²) in [5.41, 5.74) is 1.11. The highest BCUT2D eigenvalue weighted by Crippen LogP contribution is 2.37. The Bertz CT molecular complexity index is 676. The van der Waals surface area contributed by atoms with Crippen molar-refractivity contribution < 1.29 is 19.1 Å². The van der Waals surface area contributed by atoms with Crippen molar-refractivity contribution in [2.24, 2.45) is 5.16 Å². The highest BCUT2D eigenvalue weighted by atomic mass is 79.9. The van der Waals surface area contributed by atoms with Crippen LogP contribution >= 0.6 is 15.9 Å². The molecule has 6 heteroatoms. The summed E-state index contributed by atoms with van der Waals surface area (Å²) in [6.07, 6.45) is 1.29. The van der Waals surface area contributed by atoms with Crippen LogP contribution in [0.25, 0.3) is 0 Å². The Morgan fingerprint density at radius 2 is 2.05 bits per heavy atom. The van der Waals surface area contributed by atoms with Crippen LogP contribution in [-0.4, -0.2) is 18.0 Å². The Hall–Kier alpha value is -2.08. The quantitative estimate of drug-likeness (QED) is 0.468. The second kappa shape index (κ2) is 7.79. The number of ether oxygens (including phenoxy) is 2. The summed E-state index contributed by atoms with van der Waals surface area (Å²) < 4.78 is 25.5. The molecular formula is C16H15BrFNO3. The molecule has 2 aromatic rings. The van der Waals surface area contributed by atoms with E-state index in [0.29, 0.717) is 33.7 Å². The molecule has 4 nitrogen and oxygen atoms in total. The molecule has 0 amide bonds. The van der Waals surface area contributed by atoms with E-state index in [4.69, 9.17) is 14.7 Å². The van der Waals surface area contributed by atoms with Gasteiger partial charge in [0.15, 0.2) is 11.5 Å². The Morgan fingerprint density at radius 1 is 1.27 bits per heavy atom. The fourth-order valence-electron chi connectivity index (χ4n) is 1.90. The molecule has 0 radical (unpaired) electrons. The molecule has 0 atom stereocenters. The van der Waals surface area contributed by atoms with Gasteiger partial charge in [0.1, 0.15) is 12.4 Å². The van der Waals surface area contributed by atoms with Gasteiger partial charge in [0.25, 0.3) is 0 Å². The van der Waals surface area contributed by atoms with Gasteiger partial charge in [0.2, 0.25) is 0 Å². The second-order valence-corrected chi connectivity index (χ2v) is 5.24. The summed E-state index contributed by atoms with van der Waals surface area (Å²) in [4.78, 5) is 0. The van der Waals surface area contributed by atoms with Gasteiger partial charge >= 0.3 is 0 Å². The minimum absolute atomic E-state index is 0.0821. The van der Waals surface area contributed by atoms with Gasteiger partial charge in [0.05, 0.1) is 17.3 Å². The summed E-state index contributed by atoms with van der Waals surface area (Å²) in [6, 6.07) is 9.84. The molecule has 0 spiro atoms. The van der Waals surface area contributed by atoms with E-state index in [9.17, 15) is 4.39 Å². The highest BCUT2D eigenvalue weighted by molar-refractivity contribution is 9.10. The van der Waals surface area contributed by atoms with Crippen LogP contribution in [0.5, 0.6) is 11.5 Å². The van der Waals surface area contributed by atoms with Crippen LogP contribution in [0.15, 0.2) is 46.0 Å². The van der Waals surface area contributed by atoms with E-state index in [-0.39, 0.29) is 12.4 Å². The molecule has 0 aromatic heterocycles. The monoisotopic (exact) mass is 367 g/mol. The minimum atomic E-state index is -0.319. The molecule has 0 aliphatic rings. The first-order valence-corrected chi connectivity index (χ1v) is 7.45. The molecule has 0 aliphatic heterocycles. The molecule has 0 fully saturated rings. The van der Waals surface area contributed by atoms with Crippen molar-refractivity contribution in [2.45, 2.75) is 13.5 Å². The molecule has 116 valence electrons. The Morgan fingerprint density at radius 3 is 2.73 bits per heavy atom. The predicted octanol–water partition coefficient (Wildman–Crippen LogP) is 4.37. The van der Waals surface area contributed by atoms with E-state index in [1.807, 2.05) is 6.92 Å². The molecule has 22 heavy (non-hydrogen) atoms. The number of rotatable bonds is 6. The maximum Gasteiger partial charge on any atom is 0.175 e. The fraction of sp³-hybridized carbons (Fsp3) is 0.188. The van der Waals surface area contributed by atoms with E-state index in [1.54, 1.807) is 30.3 Å². The third kappa shape index (κ3) is 3.98. The summed E-state index contributed by atoms with van der Waals surface area (Å²) in [5, 5.41) is 11.6. The van der Waals surface area contributed by atoms with Crippen LogP contribution in [0.3, 0.4) is 0 Å². The summed E-state index contributed by atoms with van der Waals surface area (Å²) in [6.45, 7) is 2.38. The minimum Gasteiger partial charge on any atom is -0.490 e. The Kier molecular flexibility index (Phi) is 5.77. The van der Waals surface area contributed by atoms with Gasteiger partial charge in [0, 0.05) is 11.1 Å². The first kappa shape index (κ1) is 16.3. The first-order valence-electron chi connectivity index (χ1n) is 6.65. The van der Waals surface area contributed by atoms with Crippen LogP contribution in [0.1, 0.15) is 18.1 Å². The first-order chi connectivity index (χ1) is 10.7. The van der Waals surface area contributed by atoms with Gasteiger partial charge < -0.3 is 14.7 Å². The summed E-state index contributed by atoms with van der Waals surface area (Å²) >= 11 is 3.39. The largest absolute Gasteiger partial charge is 0.490 e. The van der Waals surface area contributed by atoms with Crippen LogP contribution in [0.2, 0.25) is 0 Å². The van der Waals surface area contributed by atoms with Gasteiger partial charge in [-0.1, -0.05) is 23.4 Å². The van der Waals surface area contributed by atoms with Crippen molar-refractivity contribution in [2.75, 3.05) is 6.61 Å². The number of oxime groups is 1. The molecule has 2 aromatic carbocycles. The molecule has 0 bridgehead atoms. The zero-order valence-corrected chi connectivity index (χ0v) is 13.5. The van der Waals surface area contributed by atoms with E-state index < -0.39 is 0 Å². The third-order valence-electron chi connectivity index (χ3n) is 2.87. The average molecular weight is 368 g/mol. The average Bonchev–Trinajstić information content (AvgIpc) is 2.49. The van der Waals surface area contributed by atoms with E-state index >= 15 is 0 Å². The lowest BCUT2D eigenvalue weighted by Crippen LogP contribution is -2.02. The van der Waals surface area contributed by atoms with Crippen LogP contribution in [0, 0.1) is 5.82 Å². The van der Waals surface area contributed by atoms with Gasteiger partial charge in [-0.15, -0.1) is 0 Å². The SMILES string of the molecule is CCOc1cc(C=NO)cc(Br)c1OCc1ccccc1F. The standard InChI is InChI=1S/C16H15BrFNO3/c1-2-21-15-8-11(9-19-20)7-13(17)16(15)22-10-12-5-3-4-6-14(12)18/h3-9,20H,2,10H2,1H3. The predicted molar refractivity (Wildman–Crippen MR) is 85.4 cm³/mol. The van der Waals surface area contributed by atoms with Crippen LogP contribution in [-0.2, 0) is 6.61 Å². The fourth-order valence-corrected chi connectivity index (χ4v) is 2.47. The van der Waals surface area contributed by atoms with Crippen LogP contribution < -0.4 is 9.47 Å². The van der Waals surface area contributed by atoms with Crippen molar-refractivity contribution >= 4 is 22.1 Å². The Labute approximate surface area is 136 Å². The lowest BCUT2D eigenvalue weighted by atomic mass is 10.2. The van der Waals surface area contributed by atoms with E-state index in [1.165, 1.54) is 12.3 Å². The molecular weight excluding hydrogens is 353 g/mol. The maximum absolute atomic E-state index is 13.6. The second-order valence-electron chi connectivity index (χ2n) is 4.39. The van der Waals surface area contributed by atoms with Gasteiger partial charge in [-0.3, -0.25) is 0 Å². The van der Waals surface area contributed by atoms with Crippen molar-refractivity contribution in [3.63, 3.8) is 0 Å². The zero-order valence-electron chi connectivity index (χ0n) is 11.9. The molecule has 0 unspecified atom stereocenters. The molecule has 0 heterocycles. The topological polar surface area (TPSA) is 51.0 Å². The van der Waals surface area contributed by atoms with Gasteiger partial charge in [-0.05, 0) is 41.1 Å². The normalized spacial score (nSPS) is 10.9.